The molecule has 1 unspecified atom stereocenters. The number of morpholine rings is 1. The third-order valence-corrected chi connectivity index (χ3v) is 8.39. The molecule has 1 atom stereocenters. The van der Waals surface area contributed by atoms with Crippen molar-refractivity contribution in [3.8, 4) is 17.1 Å². The minimum absolute atomic E-state index is 0.0154. The molecular formula is C21H26N6O4S. The van der Waals surface area contributed by atoms with Crippen molar-refractivity contribution < 1.29 is 17.9 Å². The maximum absolute atomic E-state index is 12.8. The largest absolute Gasteiger partial charge is 0.486 e. The molecule has 2 N–H and O–H groups in total. The molecule has 2 aliphatic rings. The van der Waals surface area contributed by atoms with E-state index in [1.54, 1.807) is 27.1 Å². The van der Waals surface area contributed by atoms with Crippen LogP contribution in [0.15, 0.2) is 18.5 Å². The molecule has 0 spiro atoms. The molecule has 0 aliphatic carbocycles. The van der Waals surface area contributed by atoms with E-state index in [1.807, 2.05) is 12.3 Å². The monoisotopic (exact) mass is 458 g/mol. The van der Waals surface area contributed by atoms with Crippen LogP contribution in [0.2, 0.25) is 0 Å². The fraction of sp³-hybridized carbons (Fsp3) is 0.476. The maximum atomic E-state index is 12.8. The number of fused-ring (bicyclic) bond motifs is 4. The van der Waals surface area contributed by atoms with Crippen LogP contribution in [-0.4, -0.2) is 74.1 Å². The van der Waals surface area contributed by atoms with Crippen LogP contribution in [0, 0.1) is 0 Å². The van der Waals surface area contributed by atoms with Gasteiger partial charge >= 0.3 is 0 Å². The zero-order valence-corrected chi connectivity index (χ0v) is 19.3. The topological polar surface area (TPSA) is 122 Å². The Kier molecular flexibility index (Phi) is 4.79. The van der Waals surface area contributed by atoms with Crippen molar-refractivity contribution in [1.29, 1.82) is 0 Å². The van der Waals surface area contributed by atoms with Gasteiger partial charge in [-0.2, -0.15) is 0 Å². The fourth-order valence-corrected chi connectivity index (χ4v) is 4.64. The number of anilines is 2. The normalized spacial score (nSPS) is 18.8. The summed E-state index contributed by atoms with van der Waals surface area (Å²) in [5.74, 6) is 1.44. The molecule has 0 bridgehead atoms. The Bertz CT molecular complexity index is 1300. The Morgan fingerprint density at radius 1 is 1.28 bits per heavy atom. The van der Waals surface area contributed by atoms with E-state index in [0.717, 1.165) is 16.6 Å². The van der Waals surface area contributed by atoms with Crippen molar-refractivity contribution in [2.45, 2.75) is 24.6 Å². The third-order valence-electron chi connectivity index (χ3n) is 6.34. The van der Waals surface area contributed by atoms with E-state index in [-0.39, 0.29) is 6.04 Å². The van der Waals surface area contributed by atoms with Gasteiger partial charge in [-0.1, -0.05) is 0 Å². The lowest BCUT2D eigenvalue weighted by Gasteiger charge is -2.41. The summed E-state index contributed by atoms with van der Waals surface area (Å²) >= 11 is 0. The van der Waals surface area contributed by atoms with Crippen LogP contribution in [-0.2, 0) is 19.3 Å². The molecule has 0 radical (unpaired) electrons. The molecule has 32 heavy (non-hydrogen) atoms. The zero-order chi connectivity index (χ0) is 22.7. The van der Waals surface area contributed by atoms with Crippen LogP contribution < -0.4 is 15.0 Å². The second-order valence-corrected chi connectivity index (χ2v) is 11.2. The number of rotatable bonds is 4. The molecule has 0 aromatic carbocycles. The summed E-state index contributed by atoms with van der Waals surface area (Å²) in [5.41, 5.74) is 2.55. The molecule has 10 nitrogen and oxygen atoms in total. The number of nitrogens with zero attached hydrogens (tertiary/aromatic N) is 4. The minimum atomic E-state index is -3.51. The lowest BCUT2D eigenvalue weighted by atomic mass is 10.0. The van der Waals surface area contributed by atoms with Crippen molar-refractivity contribution in [3.05, 3.63) is 24.2 Å². The SMILES string of the molecule is CNc1cnc2[nH]ccc2c1-c1nc2c(c(C(C)(C)S(C)(=O)=O)n1)OCC1COCCN21. The zero-order valence-electron chi connectivity index (χ0n) is 18.5. The highest BCUT2D eigenvalue weighted by molar-refractivity contribution is 7.91. The van der Waals surface area contributed by atoms with Gasteiger partial charge in [0.2, 0.25) is 0 Å². The minimum Gasteiger partial charge on any atom is -0.486 e. The number of sulfone groups is 1. The number of pyridine rings is 1. The summed E-state index contributed by atoms with van der Waals surface area (Å²) in [6.07, 6.45) is 4.74. The lowest BCUT2D eigenvalue weighted by molar-refractivity contribution is 0.0691. The molecule has 3 aromatic heterocycles. The van der Waals surface area contributed by atoms with Gasteiger partial charge in [0.25, 0.3) is 0 Å². The van der Waals surface area contributed by atoms with E-state index in [4.69, 9.17) is 19.4 Å². The van der Waals surface area contributed by atoms with Gasteiger partial charge in [-0.3, -0.25) is 0 Å². The van der Waals surface area contributed by atoms with E-state index in [9.17, 15) is 8.42 Å². The summed E-state index contributed by atoms with van der Waals surface area (Å²) in [6, 6.07) is 1.93. The van der Waals surface area contributed by atoms with Crippen molar-refractivity contribution in [2.24, 2.45) is 0 Å². The molecule has 3 aromatic rings. The van der Waals surface area contributed by atoms with Crippen LogP contribution in [0.3, 0.4) is 0 Å². The smallest absolute Gasteiger partial charge is 0.185 e. The maximum Gasteiger partial charge on any atom is 0.185 e. The van der Waals surface area contributed by atoms with E-state index >= 15 is 0 Å². The Hall–Kier alpha value is -2.92. The first-order valence-corrected chi connectivity index (χ1v) is 12.3. The second kappa shape index (κ2) is 7.31. The Morgan fingerprint density at radius 2 is 2.09 bits per heavy atom. The van der Waals surface area contributed by atoms with E-state index < -0.39 is 14.6 Å². The number of nitrogens with one attached hydrogen (secondary N) is 2. The number of hydrogen-bond donors (Lipinski definition) is 2. The van der Waals surface area contributed by atoms with Crippen molar-refractivity contribution >= 4 is 32.4 Å². The van der Waals surface area contributed by atoms with Gasteiger partial charge in [-0.15, -0.1) is 0 Å². The summed E-state index contributed by atoms with van der Waals surface area (Å²) < 4.78 is 36.0. The third kappa shape index (κ3) is 3.10. The van der Waals surface area contributed by atoms with Crippen molar-refractivity contribution in [2.75, 3.05) is 49.9 Å². The molecule has 1 saturated heterocycles. The number of H-pyrrole nitrogens is 1. The molecule has 2 aliphatic heterocycles. The standard InChI is InChI=1S/C21H26N6O4S/c1-21(2,32(4,28)29)17-16-20(27-7-8-30-10-12(27)11-31-16)26-19(25-17)15-13-5-6-23-18(13)24-9-14(15)22-3/h5-6,9,12,22H,7-8,10-11H2,1-4H3,(H,23,24). The Morgan fingerprint density at radius 3 is 2.84 bits per heavy atom. The van der Waals surface area contributed by atoms with E-state index in [2.05, 4.69) is 20.2 Å². The van der Waals surface area contributed by atoms with Gasteiger partial charge in [-0.25, -0.2) is 23.4 Å². The predicted octanol–water partition coefficient (Wildman–Crippen LogP) is 1.94. The number of ether oxygens (including phenoxy) is 2. The van der Waals surface area contributed by atoms with Gasteiger partial charge in [0.1, 0.15) is 22.7 Å². The summed E-state index contributed by atoms with van der Waals surface area (Å²) in [7, 11) is -1.71. The van der Waals surface area contributed by atoms with Crippen molar-refractivity contribution in [3.63, 3.8) is 0 Å². The fourth-order valence-electron chi connectivity index (χ4n) is 4.15. The van der Waals surface area contributed by atoms with E-state index in [0.29, 0.717) is 55.1 Å². The highest BCUT2D eigenvalue weighted by Gasteiger charge is 2.42. The first-order valence-electron chi connectivity index (χ1n) is 10.5. The Balaban J connectivity index is 1.83. The molecular weight excluding hydrogens is 432 g/mol. The highest BCUT2D eigenvalue weighted by atomic mass is 32.2. The molecule has 170 valence electrons. The first-order chi connectivity index (χ1) is 15.2. The van der Waals surface area contributed by atoms with Crippen LogP contribution >= 0.6 is 0 Å². The van der Waals surface area contributed by atoms with Crippen LogP contribution in [0.25, 0.3) is 22.4 Å². The van der Waals surface area contributed by atoms with Gasteiger partial charge in [0, 0.05) is 31.4 Å². The van der Waals surface area contributed by atoms with Crippen LogP contribution in [0.1, 0.15) is 19.5 Å². The number of aromatic amines is 1. The van der Waals surface area contributed by atoms with Crippen LogP contribution in [0.4, 0.5) is 11.5 Å². The van der Waals surface area contributed by atoms with Gasteiger partial charge < -0.3 is 24.7 Å². The molecule has 0 saturated carbocycles. The summed E-state index contributed by atoms with van der Waals surface area (Å²) in [6.45, 7) is 5.44. The van der Waals surface area contributed by atoms with Gasteiger partial charge in [0.05, 0.1) is 36.7 Å². The highest BCUT2D eigenvalue weighted by Crippen LogP contribution is 2.45. The van der Waals surface area contributed by atoms with Gasteiger partial charge in [-0.05, 0) is 19.9 Å². The average molecular weight is 459 g/mol. The average Bonchev–Trinajstić information content (AvgIpc) is 3.25. The molecule has 1 fully saturated rings. The quantitative estimate of drug-likeness (QED) is 0.604. The summed E-state index contributed by atoms with van der Waals surface area (Å²) in [4.78, 5) is 19.4. The first kappa shape index (κ1) is 21.0. The molecule has 5 heterocycles. The van der Waals surface area contributed by atoms with Crippen molar-refractivity contribution in [1.82, 2.24) is 19.9 Å². The Labute approximate surface area is 186 Å². The molecule has 0 amide bonds. The molecule has 5 rings (SSSR count). The molecule has 11 heteroatoms. The number of aromatic nitrogens is 4. The second-order valence-electron chi connectivity index (χ2n) is 8.60. The number of hydrogen-bond acceptors (Lipinski definition) is 9. The lowest BCUT2D eigenvalue weighted by Crippen LogP contribution is -2.52. The predicted molar refractivity (Wildman–Crippen MR) is 122 cm³/mol. The summed E-state index contributed by atoms with van der Waals surface area (Å²) in [5, 5.41) is 4.00. The van der Waals surface area contributed by atoms with Crippen LogP contribution in [0.5, 0.6) is 5.75 Å². The van der Waals surface area contributed by atoms with E-state index in [1.165, 1.54) is 6.26 Å². The van der Waals surface area contributed by atoms with Gasteiger partial charge in [0.15, 0.2) is 27.2 Å².